The third-order valence-corrected chi connectivity index (χ3v) is 5.47. The smallest absolute Gasteiger partial charge is 0.280 e. The van der Waals surface area contributed by atoms with E-state index in [2.05, 4.69) is 10.4 Å². The molecule has 0 aliphatic rings. The van der Waals surface area contributed by atoms with E-state index in [1.807, 2.05) is 6.92 Å². The van der Waals surface area contributed by atoms with Crippen LogP contribution in [0.2, 0.25) is 0 Å². The van der Waals surface area contributed by atoms with Crippen LogP contribution in [0, 0.1) is 12.7 Å². The molecule has 0 bridgehead atoms. The van der Waals surface area contributed by atoms with Gasteiger partial charge in [0, 0.05) is 23.2 Å². The van der Waals surface area contributed by atoms with Crippen molar-refractivity contribution in [1.29, 1.82) is 0 Å². The van der Waals surface area contributed by atoms with Gasteiger partial charge in [-0.2, -0.15) is 5.10 Å². The van der Waals surface area contributed by atoms with Crippen molar-refractivity contribution in [2.24, 2.45) is 0 Å². The van der Waals surface area contributed by atoms with E-state index in [1.165, 1.54) is 41.2 Å². The van der Waals surface area contributed by atoms with Gasteiger partial charge in [-0.3, -0.25) is 14.4 Å². The Morgan fingerprint density at radius 3 is 2.40 bits per heavy atom. The second-order valence-electron chi connectivity index (χ2n) is 7.90. The highest BCUT2D eigenvalue weighted by molar-refractivity contribution is 6.18. The Morgan fingerprint density at radius 2 is 1.66 bits per heavy atom. The predicted octanol–water partition coefficient (Wildman–Crippen LogP) is 4.91. The fourth-order valence-corrected chi connectivity index (χ4v) is 3.64. The Hall–Kier alpha value is -4.85. The van der Waals surface area contributed by atoms with Gasteiger partial charge in [-0.05, 0) is 43.3 Å². The first-order valence-electron chi connectivity index (χ1n) is 10.7. The van der Waals surface area contributed by atoms with Crippen LogP contribution in [0.25, 0.3) is 16.7 Å². The van der Waals surface area contributed by atoms with Crippen molar-refractivity contribution < 1.29 is 18.4 Å². The number of fused-ring (bicyclic) bond motifs is 1. The molecule has 0 saturated carbocycles. The van der Waals surface area contributed by atoms with Gasteiger partial charge in [0.25, 0.3) is 5.91 Å². The highest BCUT2D eigenvalue weighted by Crippen LogP contribution is 2.32. The van der Waals surface area contributed by atoms with Gasteiger partial charge in [-0.1, -0.05) is 42.0 Å². The summed E-state index contributed by atoms with van der Waals surface area (Å²) in [7, 11) is 0. The van der Waals surface area contributed by atoms with E-state index in [4.69, 9.17) is 4.42 Å². The molecule has 0 spiro atoms. The number of hydrogen-bond donors (Lipinski definition) is 1. The highest BCUT2D eigenvalue weighted by atomic mass is 19.1. The zero-order chi connectivity index (χ0) is 24.5. The van der Waals surface area contributed by atoms with Gasteiger partial charge >= 0.3 is 0 Å². The molecule has 5 rings (SSSR count). The largest absolute Gasteiger partial charge is 0.450 e. The van der Waals surface area contributed by atoms with E-state index in [0.717, 1.165) is 5.56 Å². The van der Waals surface area contributed by atoms with Crippen molar-refractivity contribution >= 4 is 28.3 Å². The number of benzene rings is 3. The minimum Gasteiger partial charge on any atom is -0.450 e. The number of hydrogen-bond acceptors (Lipinski definition) is 5. The van der Waals surface area contributed by atoms with Crippen molar-refractivity contribution in [2.75, 3.05) is 5.32 Å². The molecule has 8 heteroatoms. The van der Waals surface area contributed by atoms with Crippen molar-refractivity contribution in [3.63, 3.8) is 0 Å². The molecule has 2 heterocycles. The quantitative estimate of drug-likeness (QED) is 0.371. The van der Waals surface area contributed by atoms with Crippen molar-refractivity contribution in [3.05, 3.63) is 124 Å². The van der Waals surface area contributed by atoms with Gasteiger partial charge in [-0.15, -0.1) is 0 Å². The van der Waals surface area contributed by atoms with Crippen molar-refractivity contribution in [1.82, 2.24) is 9.78 Å². The van der Waals surface area contributed by atoms with Crippen molar-refractivity contribution in [3.8, 4) is 5.69 Å². The minimum absolute atomic E-state index is 0.0572. The maximum absolute atomic E-state index is 13.3. The molecular formula is C27H18FN3O4. The van der Waals surface area contributed by atoms with E-state index in [-0.39, 0.29) is 11.4 Å². The number of nitrogens with one attached hydrogen (secondary N) is 1. The number of halogens is 1. The molecule has 172 valence electrons. The number of rotatable bonds is 5. The molecule has 1 N–H and O–H groups in total. The lowest BCUT2D eigenvalue weighted by Crippen LogP contribution is -2.26. The molecule has 0 atom stereocenters. The van der Waals surface area contributed by atoms with E-state index in [0.29, 0.717) is 22.2 Å². The van der Waals surface area contributed by atoms with Crippen LogP contribution >= 0.6 is 0 Å². The number of furan rings is 1. The Balaban J connectivity index is 1.55. The second-order valence-corrected chi connectivity index (χ2v) is 7.90. The first kappa shape index (κ1) is 22.0. The number of aryl methyl sites for hydroxylation is 1. The summed E-state index contributed by atoms with van der Waals surface area (Å²) in [6.45, 7) is 1.91. The lowest BCUT2D eigenvalue weighted by atomic mass is 10.1. The van der Waals surface area contributed by atoms with Gasteiger partial charge in [0.2, 0.25) is 11.2 Å². The Morgan fingerprint density at radius 1 is 0.943 bits per heavy atom. The van der Waals surface area contributed by atoms with Gasteiger partial charge in [0.05, 0.1) is 11.4 Å². The van der Waals surface area contributed by atoms with Crippen LogP contribution in [-0.2, 0) is 0 Å². The van der Waals surface area contributed by atoms with Gasteiger partial charge in [-0.25, -0.2) is 9.07 Å². The number of amides is 1. The summed E-state index contributed by atoms with van der Waals surface area (Å²) in [5, 5.41) is 7.29. The molecule has 0 fully saturated rings. The predicted molar refractivity (Wildman–Crippen MR) is 129 cm³/mol. The Bertz CT molecular complexity index is 1630. The van der Waals surface area contributed by atoms with Crippen LogP contribution in [-0.4, -0.2) is 21.5 Å². The normalized spacial score (nSPS) is 10.9. The zero-order valence-electron chi connectivity index (χ0n) is 18.5. The number of aromatic nitrogens is 2. The topological polar surface area (TPSA) is 94.2 Å². The highest BCUT2D eigenvalue weighted by Gasteiger charge is 2.25. The Labute approximate surface area is 198 Å². The molecule has 3 aromatic carbocycles. The van der Waals surface area contributed by atoms with E-state index in [1.54, 1.807) is 48.5 Å². The van der Waals surface area contributed by atoms with Crippen molar-refractivity contribution in [2.45, 2.75) is 6.92 Å². The summed E-state index contributed by atoms with van der Waals surface area (Å²) < 4.78 is 20.4. The molecular weight excluding hydrogens is 449 g/mol. The lowest BCUT2D eigenvalue weighted by Gasteiger charge is -2.09. The van der Waals surface area contributed by atoms with Crippen LogP contribution in [0.1, 0.15) is 32.2 Å². The first-order valence-corrected chi connectivity index (χ1v) is 10.7. The number of anilines is 1. The third-order valence-electron chi connectivity index (χ3n) is 5.47. The molecule has 7 nitrogen and oxygen atoms in total. The van der Waals surface area contributed by atoms with Gasteiger partial charge < -0.3 is 9.73 Å². The van der Waals surface area contributed by atoms with Crippen LogP contribution < -0.4 is 10.7 Å². The lowest BCUT2D eigenvalue weighted by molar-refractivity contribution is 0.101. The molecule has 0 saturated heterocycles. The number of carbonyl (C=O) groups excluding carboxylic acids is 2. The third kappa shape index (κ3) is 4.24. The maximum Gasteiger partial charge on any atom is 0.280 e. The summed E-state index contributed by atoms with van der Waals surface area (Å²) >= 11 is 0. The van der Waals surface area contributed by atoms with Gasteiger partial charge in [0.1, 0.15) is 11.4 Å². The summed E-state index contributed by atoms with van der Waals surface area (Å²) in [4.78, 5) is 38.9. The van der Waals surface area contributed by atoms with E-state index < -0.39 is 28.6 Å². The summed E-state index contributed by atoms with van der Waals surface area (Å²) in [5.74, 6) is -1.71. The van der Waals surface area contributed by atoms with Crippen LogP contribution in [0.5, 0.6) is 0 Å². The monoisotopic (exact) mass is 467 g/mol. The summed E-state index contributed by atoms with van der Waals surface area (Å²) in [6.07, 6.45) is 1.38. The standard InChI is InChI=1S/C27H18FN3O4/c1-16-6-8-17(9-7-16)25(33)26-23(20-4-2-3-5-22(20)35-26)29-27(34)24-21(32)14-15-31(30-24)19-12-10-18(28)11-13-19/h2-15H,1H3,(H,29,34). The number of para-hydroxylation sites is 1. The molecule has 35 heavy (non-hydrogen) atoms. The van der Waals surface area contributed by atoms with E-state index >= 15 is 0 Å². The molecule has 0 unspecified atom stereocenters. The number of carbonyl (C=O) groups is 2. The van der Waals surface area contributed by atoms with E-state index in [9.17, 15) is 18.8 Å². The first-order chi connectivity index (χ1) is 16.9. The van der Waals surface area contributed by atoms with Crippen LogP contribution in [0.4, 0.5) is 10.1 Å². The molecule has 2 aromatic heterocycles. The average Bonchev–Trinajstić information content (AvgIpc) is 3.23. The fraction of sp³-hybridized carbons (Fsp3) is 0.0370. The maximum atomic E-state index is 13.3. The Kier molecular flexibility index (Phi) is 5.54. The molecule has 0 aliphatic carbocycles. The molecule has 0 aliphatic heterocycles. The number of ketones is 1. The molecule has 5 aromatic rings. The van der Waals surface area contributed by atoms with Gasteiger partial charge in [0.15, 0.2) is 11.5 Å². The number of nitrogens with zero attached hydrogens (tertiary/aromatic N) is 2. The average molecular weight is 467 g/mol. The summed E-state index contributed by atoms with van der Waals surface area (Å²) in [5.41, 5.74) is 1.40. The second kappa shape index (κ2) is 8.83. The SMILES string of the molecule is Cc1ccc(C(=O)c2oc3ccccc3c2NC(=O)c2nn(-c3ccc(F)cc3)ccc2=O)cc1. The molecule has 0 radical (unpaired) electrons. The summed E-state index contributed by atoms with van der Waals surface area (Å²) in [6, 6.07) is 20.5. The fourth-order valence-electron chi connectivity index (χ4n) is 3.64. The minimum atomic E-state index is -0.809. The zero-order valence-corrected chi connectivity index (χ0v) is 18.5. The van der Waals surface area contributed by atoms with Crippen LogP contribution in [0.3, 0.4) is 0 Å². The van der Waals surface area contributed by atoms with Crippen LogP contribution in [0.15, 0.2) is 94.3 Å². The molecule has 1 amide bonds.